The second-order valence-electron chi connectivity index (χ2n) is 7.10. The van der Waals surface area contributed by atoms with E-state index < -0.39 is 0 Å². The largest absolute Gasteiger partial charge is 0.349 e. The molecule has 0 spiro atoms. The van der Waals surface area contributed by atoms with Crippen molar-refractivity contribution in [3.05, 3.63) is 45.9 Å². The van der Waals surface area contributed by atoms with Crippen molar-refractivity contribution in [1.82, 2.24) is 25.0 Å². The summed E-state index contributed by atoms with van der Waals surface area (Å²) in [6.45, 7) is 6.09. The standard InChI is InChI=1S/C20H23N5O2S/c1-13-5-6-17(28-13)20(27)22-9-11-25-19-16(4-3-8-21-19)18(23-25)15-7-10-24(12-15)14(2)26/h3-6,8,15H,7,9-12H2,1-2H3,(H,22,27). The predicted octanol–water partition coefficient (Wildman–Crippen LogP) is 2.57. The molecule has 0 bridgehead atoms. The molecule has 1 saturated heterocycles. The zero-order valence-corrected chi connectivity index (χ0v) is 16.8. The van der Waals surface area contributed by atoms with Gasteiger partial charge in [0.25, 0.3) is 5.91 Å². The normalized spacial score (nSPS) is 16.6. The summed E-state index contributed by atoms with van der Waals surface area (Å²) in [7, 11) is 0. The van der Waals surface area contributed by atoms with Gasteiger partial charge in [-0.15, -0.1) is 11.3 Å². The average molecular weight is 398 g/mol. The van der Waals surface area contributed by atoms with Gasteiger partial charge in [0.2, 0.25) is 5.91 Å². The van der Waals surface area contributed by atoms with Crippen LogP contribution >= 0.6 is 11.3 Å². The topological polar surface area (TPSA) is 80.1 Å². The first-order valence-corrected chi connectivity index (χ1v) is 10.3. The van der Waals surface area contributed by atoms with Gasteiger partial charge < -0.3 is 10.2 Å². The lowest BCUT2D eigenvalue weighted by atomic mass is 10.0. The summed E-state index contributed by atoms with van der Waals surface area (Å²) in [5, 5.41) is 8.79. The molecule has 2 amide bonds. The fourth-order valence-electron chi connectivity index (χ4n) is 3.68. The van der Waals surface area contributed by atoms with Crippen molar-refractivity contribution >= 4 is 34.2 Å². The number of pyridine rings is 1. The minimum absolute atomic E-state index is 0.0596. The third-order valence-corrected chi connectivity index (χ3v) is 6.13. The number of rotatable bonds is 5. The first-order chi connectivity index (χ1) is 13.5. The predicted molar refractivity (Wildman–Crippen MR) is 109 cm³/mol. The van der Waals surface area contributed by atoms with E-state index in [1.807, 2.05) is 40.8 Å². The summed E-state index contributed by atoms with van der Waals surface area (Å²) in [4.78, 5) is 32.1. The van der Waals surface area contributed by atoms with Crippen LogP contribution in [0.15, 0.2) is 30.5 Å². The van der Waals surface area contributed by atoms with E-state index in [0.717, 1.165) is 39.4 Å². The van der Waals surface area contributed by atoms with Gasteiger partial charge in [-0.05, 0) is 37.6 Å². The van der Waals surface area contributed by atoms with Crippen LogP contribution in [-0.4, -0.2) is 51.1 Å². The van der Waals surface area contributed by atoms with Gasteiger partial charge in [-0.25, -0.2) is 9.67 Å². The maximum absolute atomic E-state index is 12.2. The van der Waals surface area contributed by atoms with Crippen molar-refractivity contribution in [1.29, 1.82) is 0 Å². The summed E-state index contributed by atoms with van der Waals surface area (Å²) in [6.07, 6.45) is 2.67. The van der Waals surface area contributed by atoms with Crippen molar-refractivity contribution in [3.8, 4) is 0 Å². The number of amides is 2. The molecule has 0 aliphatic carbocycles. The average Bonchev–Trinajstić information content (AvgIpc) is 3.40. The number of carbonyl (C=O) groups is 2. The molecule has 0 aromatic carbocycles. The minimum atomic E-state index is -0.0596. The van der Waals surface area contributed by atoms with E-state index in [-0.39, 0.29) is 17.7 Å². The maximum Gasteiger partial charge on any atom is 0.261 e. The molecule has 1 aliphatic heterocycles. The number of hydrogen-bond donors (Lipinski definition) is 1. The molecule has 0 radical (unpaired) electrons. The Bertz CT molecular complexity index is 1020. The van der Waals surface area contributed by atoms with Gasteiger partial charge in [0, 0.05) is 48.9 Å². The lowest BCUT2D eigenvalue weighted by Crippen LogP contribution is -2.27. The van der Waals surface area contributed by atoms with E-state index >= 15 is 0 Å². The Morgan fingerprint density at radius 1 is 1.32 bits per heavy atom. The fraction of sp³-hybridized carbons (Fsp3) is 0.400. The molecule has 1 unspecified atom stereocenters. The maximum atomic E-state index is 12.2. The summed E-state index contributed by atoms with van der Waals surface area (Å²) in [5.74, 6) is 0.270. The Kier molecular flexibility index (Phi) is 5.13. The highest BCUT2D eigenvalue weighted by atomic mass is 32.1. The minimum Gasteiger partial charge on any atom is -0.349 e. The Balaban J connectivity index is 1.49. The molecule has 1 fully saturated rings. The summed E-state index contributed by atoms with van der Waals surface area (Å²) in [5.41, 5.74) is 1.81. The molecule has 146 valence electrons. The van der Waals surface area contributed by atoms with Crippen molar-refractivity contribution in [2.45, 2.75) is 32.7 Å². The SMILES string of the molecule is CC(=O)N1CCC(c2nn(CCNC(=O)c3ccc(C)s3)c3ncccc23)C1. The van der Waals surface area contributed by atoms with E-state index in [2.05, 4.69) is 10.3 Å². The van der Waals surface area contributed by atoms with Crippen molar-refractivity contribution < 1.29 is 9.59 Å². The van der Waals surface area contributed by atoms with Gasteiger partial charge in [0.1, 0.15) is 0 Å². The van der Waals surface area contributed by atoms with Crippen LogP contribution in [0.2, 0.25) is 0 Å². The van der Waals surface area contributed by atoms with Crippen LogP contribution in [0, 0.1) is 6.92 Å². The highest BCUT2D eigenvalue weighted by molar-refractivity contribution is 7.13. The molecule has 4 rings (SSSR count). The number of hydrogen-bond acceptors (Lipinski definition) is 5. The second kappa shape index (κ2) is 7.71. The van der Waals surface area contributed by atoms with Gasteiger partial charge in [0.15, 0.2) is 5.65 Å². The smallest absolute Gasteiger partial charge is 0.261 e. The monoisotopic (exact) mass is 397 g/mol. The Hall–Kier alpha value is -2.74. The van der Waals surface area contributed by atoms with E-state index in [0.29, 0.717) is 19.6 Å². The first kappa shape index (κ1) is 18.6. The molecule has 3 aromatic heterocycles. The lowest BCUT2D eigenvalue weighted by Gasteiger charge is -2.12. The molecular weight excluding hydrogens is 374 g/mol. The zero-order chi connectivity index (χ0) is 19.7. The second-order valence-corrected chi connectivity index (χ2v) is 8.39. The number of thiophene rings is 1. The van der Waals surface area contributed by atoms with Crippen LogP contribution in [0.1, 0.15) is 39.5 Å². The van der Waals surface area contributed by atoms with Crippen LogP contribution in [0.25, 0.3) is 11.0 Å². The number of likely N-dealkylation sites (tertiary alicyclic amines) is 1. The van der Waals surface area contributed by atoms with E-state index in [4.69, 9.17) is 5.10 Å². The number of aromatic nitrogens is 3. The van der Waals surface area contributed by atoms with Gasteiger partial charge in [0.05, 0.1) is 17.1 Å². The Labute approximate surface area is 167 Å². The molecule has 3 aromatic rings. The van der Waals surface area contributed by atoms with E-state index in [1.54, 1.807) is 13.1 Å². The van der Waals surface area contributed by atoms with Crippen LogP contribution in [0.3, 0.4) is 0 Å². The molecule has 8 heteroatoms. The summed E-state index contributed by atoms with van der Waals surface area (Å²) < 4.78 is 1.86. The number of carbonyl (C=O) groups excluding carboxylic acids is 2. The van der Waals surface area contributed by atoms with E-state index in [9.17, 15) is 9.59 Å². The summed E-state index contributed by atoms with van der Waals surface area (Å²) >= 11 is 1.49. The van der Waals surface area contributed by atoms with Crippen LogP contribution in [0.4, 0.5) is 0 Å². The van der Waals surface area contributed by atoms with Crippen molar-refractivity contribution in [2.75, 3.05) is 19.6 Å². The molecular formula is C20H23N5O2S. The van der Waals surface area contributed by atoms with Crippen LogP contribution in [0.5, 0.6) is 0 Å². The van der Waals surface area contributed by atoms with Crippen molar-refractivity contribution in [2.24, 2.45) is 0 Å². The van der Waals surface area contributed by atoms with Crippen molar-refractivity contribution in [3.63, 3.8) is 0 Å². The quantitative estimate of drug-likeness (QED) is 0.718. The summed E-state index contributed by atoms with van der Waals surface area (Å²) in [6, 6.07) is 7.74. The highest BCUT2D eigenvalue weighted by Crippen LogP contribution is 2.31. The molecule has 1 atom stereocenters. The molecule has 1 aliphatic rings. The Morgan fingerprint density at radius 3 is 2.89 bits per heavy atom. The molecule has 4 heterocycles. The highest BCUT2D eigenvalue weighted by Gasteiger charge is 2.29. The van der Waals surface area contributed by atoms with Crippen LogP contribution < -0.4 is 5.32 Å². The number of fused-ring (bicyclic) bond motifs is 1. The first-order valence-electron chi connectivity index (χ1n) is 9.44. The number of nitrogens with zero attached hydrogens (tertiary/aromatic N) is 4. The zero-order valence-electron chi connectivity index (χ0n) is 16.0. The number of nitrogens with one attached hydrogen (secondary N) is 1. The van der Waals surface area contributed by atoms with Gasteiger partial charge in [-0.1, -0.05) is 0 Å². The van der Waals surface area contributed by atoms with Gasteiger partial charge >= 0.3 is 0 Å². The van der Waals surface area contributed by atoms with Gasteiger partial charge in [-0.3, -0.25) is 9.59 Å². The lowest BCUT2D eigenvalue weighted by molar-refractivity contribution is -0.127. The third kappa shape index (κ3) is 3.64. The molecule has 0 saturated carbocycles. The van der Waals surface area contributed by atoms with Crippen LogP contribution in [-0.2, 0) is 11.3 Å². The van der Waals surface area contributed by atoms with Gasteiger partial charge in [-0.2, -0.15) is 5.10 Å². The third-order valence-electron chi connectivity index (χ3n) is 5.13. The Morgan fingerprint density at radius 2 is 2.18 bits per heavy atom. The van der Waals surface area contributed by atoms with E-state index in [1.165, 1.54) is 11.3 Å². The number of aryl methyl sites for hydroxylation is 1. The fourth-order valence-corrected chi connectivity index (χ4v) is 4.46. The molecule has 7 nitrogen and oxygen atoms in total. The molecule has 1 N–H and O–H groups in total. The molecule has 28 heavy (non-hydrogen) atoms.